The maximum atomic E-state index is 11.6. The van der Waals surface area contributed by atoms with Gasteiger partial charge in [-0.3, -0.25) is 5.09 Å². The zero-order valence-electron chi connectivity index (χ0n) is 8.54. The van der Waals surface area contributed by atoms with E-state index in [1.165, 1.54) is 0 Å². The molecule has 0 spiro atoms. The van der Waals surface area contributed by atoms with Gasteiger partial charge in [0, 0.05) is 12.8 Å². The first-order valence-corrected chi connectivity index (χ1v) is 6.94. The van der Waals surface area contributed by atoms with E-state index in [9.17, 15) is 4.57 Å². The fourth-order valence-corrected chi connectivity index (χ4v) is 3.26. The number of rotatable bonds is 3. The second-order valence-corrected chi connectivity index (χ2v) is 6.84. The van der Waals surface area contributed by atoms with Crippen molar-refractivity contribution in [3.63, 3.8) is 0 Å². The molecular formula is C9H18NO2P. The predicted molar refractivity (Wildman–Crippen MR) is 55.3 cm³/mol. The Labute approximate surface area is 80.0 Å². The Bertz CT molecular complexity index is 250. The minimum absolute atomic E-state index is 0.0817. The highest BCUT2D eigenvalue weighted by molar-refractivity contribution is 7.61. The molecule has 1 fully saturated rings. The summed E-state index contributed by atoms with van der Waals surface area (Å²) in [5, 5.41) is 3.07. The Morgan fingerprint density at radius 2 is 2.31 bits per heavy atom. The second-order valence-electron chi connectivity index (χ2n) is 3.93. The summed E-state index contributed by atoms with van der Waals surface area (Å²) in [6.07, 6.45) is 1.77. The van der Waals surface area contributed by atoms with Crippen molar-refractivity contribution in [2.75, 3.05) is 12.8 Å². The molecule has 1 rings (SSSR count). The Balaban J connectivity index is 2.47. The molecule has 1 heterocycles. The first-order valence-electron chi connectivity index (χ1n) is 4.60. The van der Waals surface area contributed by atoms with Gasteiger partial charge < -0.3 is 9.30 Å². The average molecular weight is 203 g/mol. The molecule has 3 nitrogen and oxygen atoms in total. The van der Waals surface area contributed by atoms with Crippen molar-refractivity contribution in [2.45, 2.75) is 32.4 Å². The van der Waals surface area contributed by atoms with Gasteiger partial charge in [-0.1, -0.05) is 6.58 Å². The van der Waals surface area contributed by atoms with Gasteiger partial charge in [0.25, 0.3) is 0 Å². The van der Waals surface area contributed by atoms with E-state index in [-0.39, 0.29) is 12.1 Å². The lowest BCUT2D eigenvalue weighted by Crippen LogP contribution is -2.23. The molecule has 0 aromatic carbocycles. The van der Waals surface area contributed by atoms with Gasteiger partial charge in [0.15, 0.2) is 0 Å². The number of ether oxygens (including phenoxy) is 1. The van der Waals surface area contributed by atoms with Crippen LogP contribution in [0.15, 0.2) is 12.3 Å². The van der Waals surface area contributed by atoms with Crippen molar-refractivity contribution in [1.29, 1.82) is 0 Å². The molecule has 1 saturated heterocycles. The molecule has 76 valence electrons. The minimum atomic E-state index is -2.09. The van der Waals surface area contributed by atoms with Crippen LogP contribution in [0.4, 0.5) is 0 Å². The number of hydrogen-bond acceptors (Lipinski definition) is 2. The Hall–Kier alpha value is -0.270. The Kier molecular flexibility index (Phi) is 3.20. The van der Waals surface area contributed by atoms with Gasteiger partial charge in [0.2, 0.25) is 0 Å². The molecular weight excluding hydrogens is 185 g/mol. The second kappa shape index (κ2) is 3.85. The van der Waals surface area contributed by atoms with Crippen LogP contribution in [0.5, 0.6) is 0 Å². The van der Waals surface area contributed by atoms with Crippen molar-refractivity contribution in [1.82, 2.24) is 5.09 Å². The lowest BCUT2D eigenvalue weighted by atomic mass is 10.2. The van der Waals surface area contributed by atoms with Gasteiger partial charge in [0.1, 0.15) is 13.1 Å². The predicted octanol–water partition coefficient (Wildman–Crippen LogP) is 2.19. The molecule has 1 N–H and O–H groups in total. The first kappa shape index (κ1) is 10.8. The third-order valence-electron chi connectivity index (χ3n) is 2.05. The maximum absolute atomic E-state index is 11.6. The molecule has 4 heteroatoms. The summed E-state index contributed by atoms with van der Waals surface area (Å²) in [6.45, 7) is 9.54. The van der Waals surface area contributed by atoms with Crippen LogP contribution in [0, 0.1) is 0 Å². The molecule has 1 aliphatic heterocycles. The van der Waals surface area contributed by atoms with Crippen molar-refractivity contribution in [3.05, 3.63) is 12.3 Å². The van der Waals surface area contributed by atoms with Crippen LogP contribution in [0.3, 0.4) is 0 Å². The topological polar surface area (TPSA) is 38.3 Å². The van der Waals surface area contributed by atoms with Crippen molar-refractivity contribution < 1.29 is 9.30 Å². The van der Waals surface area contributed by atoms with Gasteiger partial charge in [-0.2, -0.15) is 0 Å². The molecule has 0 aromatic rings. The summed E-state index contributed by atoms with van der Waals surface area (Å²) in [7, 11) is -2.09. The molecule has 2 atom stereocenters. The lowest BCUT2D eigenvalue weighted by Gasteiger charge is -2.18. The van der Waals surface area contributed by atoms with Crippen molar-refractivity contribution >= 4 is 7.29 Å². The molecule has 0 bridgehead atoms. The SMILES string of the molecule is C=C(OC(C)C)[C@@H]1CCP(C)(=O)N1. The quantitative estimate of drug-likeness (QED) is 0.564. The molecule has 1 aliphatic rings. The highest BCUT2D eigenvalue weighted by atomic mass is 31.2. The molecule has 13 heavy (non-hydrogen) atoms. The van der Waals surface area contributed by atoms with Crippen LogP contribution in [0.1, 0.15) is 20.3 Å². The lowest BCUT2D eigenvalue weighted by molar-refractivity contribution is 0.132. The van der Waals surface area contributed by atoms with Crippen LogP contribution in [0.25, 0.3) is 0 Å². The van der Waals surface area contributed by atoms with E-state index in [0.717, 1.165) is 18.3 Å². The Morgan fingerprint density at radius 1 is 1.69 bits per heavy atom. The van der Waals surface area contributed by atoms with Gasteiger partial charge in [0.05, 0.1) is 12.1 Å². The highest BCUT2D eigenvalue weighted by Crippen LogP contribution is 2.44. The van der Waals surface area contributed by atoms with E-state index in [1.54, 1.807) is 6.66 Å². The van der Waals surface area contributed by atoms with Crippen molar-refractivity contribution in [2.24, 2.45) is 0 Å². The van der Waals surface area contributed by atoms with Crippen LogP contribution >= 0.6 is 7.29 Å². The third-order valence-corrected chi connectivity index (χ3v) is 4.02. The van der Waals surface area contributed by atoms with Gasteiger partial charge >= 0.3 is 0 Å². The molecule has 0 radical (unpaired) electrons. The van der Waals surface area contributed by atoms with Gasteiger partial charge in [-0.05, 0) is 20.3 Å². The van der Waals surface area contributed by atoms with E-state index < -0.39 is 7.29 Å². The summed E-state index contributed by atoms with van der Waals surface area (Å²) in [6, 6.07) is 0.0817. The Morgan fingerprint density at radius 3 is 2.69 bits per heavy atom. The monoisotopic (exact) mass is 203 g/mol. The summed E-state index contributed by atoms with van der Waals surface area (Å²) in [4.78, 5) is 0. The normalized spacial score (nSPS) is 33.7. The zero-order chi connectivity index (χ0) is 10.1. The largest absolute Gasteiger partial charge is 0.494 e. The van der Waals surface area contributed by atoms with E-state index >= 15 is 0 Å². The minimum Gasteiger partial charge on any atom is -0.494 e. The number of hydrogen-bond donors (Lipinski definition) is 1. The molecule has 0 aliphatic carbocycles. The highest BCUT2D eigenvalue weighted by Gasteiger charge is 2.31. The molecule has 0 aromatic heterocycles. The van der Waals surface area contributed by atoms with E-state index in [1.807, 2.05) is 13.8 Å². The van der Waals surface area contributed by atoms with Crippen LogP contribution in [-0.4, -0.2) is 25.0 Å². The molecule has 0 amide bonds. The van der Waals surface area contributed by atoms with Crippen LogP contribution in [0.2, 0.25) is 0 Å². The van der Waals surface area contributed by atoms with Crippen LogP contribution < -0.4 is 5.09 Å². The fourth-order valence-electron chi connectivity index (χ4n) is 1.45. The van der Waals surface area contributed by atoms with Gasteiger partial charge in [-0.25, -0.2) is 0 Å². The summed E-state index contributed by atoms with van der Waals surface area (Å²) < 4.78 is 17.1. The standard InChI is InChI=1S/C9H18NO2P/c1-7(2)12-8(3)9-5-6-13(4,11)10-9/h7,9H,3,5-6H2,1-2,4H3,(H,10,11)/t9-,13?/m0/s1. The molecule has 1 unspecified atom stereocenters. The average Bonchev–Trinajstić information content (AvgIpc) is 2.28. The van der Waals surface area contributed by atoms with E-state index in [0.29, 0.717) is 0 Å². The third kappa shape index (κ3) is 3.17. The summed E-state index contributed by atoms with van der Waals surface area (Å²) in [5.41, 5.74) is 0. The smallest absolute Gasteiger partial charge is 0.145 e. The summed E-state index contributed by atoms with van der Waals surface area (Å²) >= 11 is 0. The molecule has 0 saturated carbocycles. The van der Waals surface area contributed by atoms with Gasteiger partial charge in [-0.15, -0.1) is 0 Å². The number of nitrogens with one attached hydrogen (secondary N) is 1. The van der Waals surface area contributed by atoms with Crippen molar-refractivity contribution in [3.8, 4) is 0 Å². The fraction of sp³-hybridized carbons (Fsp3) is 0.778. The van der Waals surface area contributed by atoms with E-state index in [4.69, 9.17) is 4.74 Å². The summed E-state index contributed by atoms with van der Waals surface area (Å²) in [5.74, 6) is 0.717. The zero-order valence-corrected chi connectivity index (χ0v) is 9.43. The maximum Gasteiger partial charge on any atom is 0.145 e. The first-order chi connectivity index (χ1) is 5.91. The van der Waals surface area contributed by atoms with E-state index in [2.05, 4.69) is 11.7 Å². The van der Waals surface area contributed by atoms with Crippen LogP contribution in [-0.2, 0) is 9.30 Å².